The number of rotatable bonds is 9. The highest BCUT2D eigenvalue weighted by atomic mass is 16.3. The molecule has 0 radical (unpaired) electrons. The maximum Gasteiger partial charge on any atom is 0.291 e. The number of anilines is 1. The van der Waals surface area contributed by atoms with E-state index in [-0.39, 0.29) is 30.4 Å². The summed E-state index contributed by atoms with van der Waals surface area (Å²) >= 11 is 0. The zero-order valence-electron chi connectivity index (χ0n) is 19.1. The number of aldehydes is 2. The molecule has 7 nitrogen and oxygen atoms in total. The van der Waals surface area contributed by atoms with E-state index in [4.69, 9.17) is 4.42 Å². The smallest absolute Gasteiger partial charge is 0.291 e. The van der Waals surface area contributed by atoms with Crippen LogP contribution in [0, 0.1) is 6.92 Å². The average molecular weight is 469 g/mol. The van der Waals surface area contributed by atoms with Gasteiger partial charge in [-0.2, -0.15) is 0 Å². The second-order valence-electron chi connectivity index (χ2n) is 8.12. The fourth-order valence-corrected chi connectivity index (χ4v) is 3.81. The van der Waals surface area contributed by atoms with E-state index in [2.05, 4.69) is 10.6 Å². The first-order chi connectivity index (χ1) is 17.0. The van der Waals surface area contributed by atoms with E-state index in [1.165, 1.54) is 0 Å². The molecule has 3 aromatic carbocycles. The van der Waals surface area contributed by atoms with Crippen molar-refractivity contribution >= 4 is 41.0 Å². The summed E-state index contributed by atoms with van der Waals surface area (Å²) in [5.74, 6) is -0.408. The first-order valence-electron chi connectivity index (χ1n) is 11.2. The Kier molecular flexibility index (Phi) is 7.16. The Balaban J connectivity index is 1.41. The number of amides is 2. The fourth-order valence-electron chi connectivity index (χ4n) is 3.81. The van der Waals surface area contributed by atoms with Gasteiger partial charge < -0.3 is 24.6 Å². The number of hydrogen-bond donors (Lipinski definition) is 2. The second-order valence-corrected chi connectivity index (χ2v) is 8.12. The summed E-state index contributed by atoms with van der Waals surface area (Å²) in [6.07, 6.45) is 1.83. The molecule has 1 atom stereocenters. The van der Waals surface area contributed by atoms with Crippen molar-refractivity contribution in [1.82, 2.24) is 5.32 Å². The molecule has 4 aromatic rings. The Bertz CT molecular complexity index is 1370. The zero-order valence-corrected chi connectivity index (χ0v) is 19.1. The Hall–Kier alpha value is -4.52. The van der Waals surface area contributed by atoms with E-state index in [0.29, 0.717) is 29.4 Å². The average Bonchev–Trinajstić information content (AvgIpc) is 3.23. The largest absolute Gasteiger partial charge is 0.451 e. The summed E-state index contributed by atoms with van der Waals surface area (Å²) in [6, 6.07) is 21.1. The molecule has 7 heteroatoms. The van der Waals surface area contributed by atoms with Crippen LogP contribution in [0.25, 0.3) is 22.1 Å². The molecule has 0 spiro atoms. The topological polar surface area (TPSA) is 105 Å². The third kappa shape index (κ3) is 5.35. The first-order valence-corrected chi connectivity index (χ1v) is 11.2. The van der Waals surface area contributed by atoms with Crippen LogP contribution in [0.2, 0.25) is 0 Å². The van der Waals surface area contributed by atoms with Gasteiger partial charge in [0.05, 0.1) is 6.04 Å². The minimum absolute atomic E-state index is 0.205. The molecule has 176 valence electrons. The second kappa shape index (κ2) is 10.6. The summed E-state index contributed by atoms with van der Waals surface area (Å²) < 4.78 is 5.73. The highest BCUT2D eigenvalue weighted by Gasteiger charge is 2.17. The van der Waals surface area contributed by atoms with E-state index in [9.17, 15) is 19.2 Å². The van der Waals surface area contributed by atoms with Gasteiger partial charge in [-0.3, -0.25) is 9.59 Å². The summed E-state index contributed by atoms with van der Waals surface area (Å²) in [5.41, 5.74) is 4.31. The Morgan fingerprint density at radius 1 is 0.886 bits per heavy atom. The van der Waals surface area contributed by atoms with Crippen LogP contribution in [0.4, 0.5) is 5.69 Å². The third-order valence-corrected chi connectivity index (χ3v) is 5.75. The molecule has 0 unspecified atom stereocenters. The van der Waals surface area contributed by atoms with Crippen molar-refractivity contribution in [2.24, 2.45) is 0 Å². The molecule has 0 bridgehead atoms. The van der Waals surface area contributed by atoms with Crippen molar-refractivity contribution in [2.45, 2.75) is 25.8 Å². The molecular formula is C28H24N2O5. The van der Waals surface area contributed by atoms with Gasteiger partial charge in [0.1, 0.15) is 18.2 Å². The van der Waals surface area contributed by atoms with Gasteiger partial charge in [-0.05, 0) is 54.8 Å². The van der Waals surface area contributed by atoms with Crippen LogP contribution in [-0.2, 0) is 9.59 Å². The van der Waals surface area contributed by atoms with Crippen molar-refractivity contribution in [3.05, 3.63) is 89.7 Å². The number of fused-ring (bicyclic) bond motifs is 1. The molecule has 2 amide bonds. The quantitative estimate of drug-likeness (QED) is 0.339. The molecule has 0 aliphatic rings. The SMILES string of the molecule is Cc1c(C(=O)Nc2ccc(-c3ccc(C(=O)N[C@H](C=O)CCC=O)cc3)cc2)oc2ccccc12. The van der Waals surface area contributed by atoms with Gasteiger partial charge in [-0.15, -0.1) is 0 Å². The minimum Gasteiger partial charge on any atom is -0.451 e. The third-order valence-electron chi connectivity index (χ3n) is 5.75. The van der Waals surface area contributed by atoms with Gasteiger partial charge in [0, 0.05) is 28.6 Å². The van der Waals surface area contributed by atoms with Crippen LogP contribution in [0.15, 0.2) is 77.2 Å². The Morgan fingerprint density at radius 3 is 2.17 bits per heavy atom. The number of benzene rings is 3. The van der Waals surface area contributed by atoms with Crippen molar-refractivity contribution < 1.29 is 23.6 Å². The van der Waals surface area contributed by atoms with Crippen LogP contribution in [0.1, 0.15) is 39.3 Å². The van der Waals surface area contributed by atoms with E-state index in [0.717, 1.165) is 22.1 Å². The molecule has 1 heterocycles. The summed E-state index contributed by atoms with van der Waals surface area (Å²) in [5, 5.41) is 6.39. The normalized spacial score (nSPS) is 11.6. The van der Waals surface area contributed by atoms with Gasteiger partial charge in [0.2, 0.25) is 0 Å². The molecule has 2 N–H and O–H groups in total. The molecule has 0 aliphatic carbocycles. The van der Waals surface area contributed by atoms with Crippen molar-refractivity contribution in [3.8, 4) is 11.1 Å². The van der Waals surface area contributed by atoms with Gasteiger partial charge >= 0.3 is 0 Å². The zero-order chi connectivity index (χ0) is 24.8. The molecule has 0 saturated heterocycles. The number of nitrogens with one attached hydrogen (secondary N) is 2. The van der Waals surface area contributed by atoms with Gasteiger partial charge in [-0.25, -0.2) is 0 Å². The number of furan rings is 1. The lowest BCUT2D eigenvalue weighted by molar-refractivity contribution is -0.110. The molecule has 1 aromatic heterocycles. The molecule has 0 aliphatic heterocycles. The van der Waals surface area contributed by atoms with E-state index in [1.807, 2.05) is 55.5 Å². The summed E-state index contributed by atoms with van der Waals surface area (Å²) in [4.78, 5) is 46.7. The van der Waals surface area contributed by atoms with Gasteiger partial charge in [-0.1, -0.05) is 42.5 Å². The van der Waals surface area contributed by atoms with Crippen LogP contribution in [0.3, 0.4) is 0 Å². The van der Waals surface area contributed by atoms with E-state index in [1.54, 1.807) is 24.3 Å². The number of hydrogen-bond acceptors (Lipinski definition) is 5. The predicted octanol–water partition coefficient (Wildman–Crippen LogP) is 4.94. The lowest BCUT2D eigenvalue weighted by Crippen LogP contribution is -2.36. The number of carbonyl (C=O) groups is 4. The number of aryl methyl sites for hydroxylation is 1. The summed E-state index contributed by atoms with van der Waals surface area (Å²) in [7, 11) is 0. The van der Waals surface area contributed by atoms with Crippen molar-refractivity contribution in [1.29, 1.82) is 0 Å². The Morgan fingerprint density at radius 2 is 1.54 bits per heavy atom. The van der Waals surface area contributed by atoms with E-state index >= 15 is 0 Å². The predicted molar refractivity (Wildman–Crippen MR) is 133 cm³/mol. The van der Waals surface area contributed by atoms with Gasteiger partial charge in [0.15, 0.2) is 5.76 Å². The molecule has 0 saturated carbocycles. The highest BCUT2D eigenvalue weighted by Crippen LogP contribution is 2.26. The minimum atomic E-state index is -0.696. The first kappa shape index (κ1) is 23.6. The number of carbonyl (C=O) groups excluding carboxylic acids is 4. The lowest BCUT2D eigenvalue weighted by Gasteiger charge is -2.12. The maximum absolute atomic E-state index is 12.7. The standard InChI is InChI=1S/C28H24N2O5/c1-18-24-6-2-3-7-25(24)35-26(18)28(34)29-22-14-12-20(13-15-22)19-8-10-21(11-9-19)27(33)30-23(17-32)5-4-16-31/h2-3,6-17,23H,4-5H2,1H3,(H,29,34)(H,30,33)/t23-/m0/s1. The van der Waals surface area contributed by atoms with Crippen molar-refractivity contribution in [3.63, 3.8) is 0 Å². The van der Waals surface area contributed by atoms with Crippen molar-refractivity contribution in [2.75, 3.05) is 5.32 Å². The fraction of sp³-hybridized carbons (Fsp3) is 0.143. The molecule has 4 rings (SSSR count). The molecular weight excluding hydrogens is 444 g/mol. The monoisotopic (exact) mass is 468 g/mol. The van der Waals surface area contributed by atoms with Crippen LogP contribution < -0.4 is 10.6 Å². The lowest BCUT2D eigenvalue weighted by atomic mass is 10.0. The number of para-hydroxylation sites is 1. The van der Waals surface area contributed by atoms with Crippen LogP contribution in [0.5, 0.6) is 0 Å². The van der Waals surface area contributed by atoms with E-state index < -0.39 is 6.04 Å². The summed E-state index contributed by atoms with van der Waals surface area (Å²) in [6.45, 7) is 1.86. The Labute approximate surface area is 202 Å². The molecule has 35 heavy (non-hydrogen) atoms. The molecule has 0 fully saturated rings. The van der Waals surface area contributed by atoms with Crippen LogP contribution in [-0.4, -0.2) is 30.4 Å². The van der Waals surface area contributed by atoms with Crippen LogP contribution >= 0.6 is 0 Å². The maximum atomic E-state index is 12.7. The van der Waals surface area contributed by atoms with Gasteiger partial charge in [0.25, 0.3) is 11.8 Å². The highest BCUT2D eigenvalue weighted by molar-refractivity contribution is 6.06.